The average molecular weight is 356 g/mol. The van der Waals surface area contributed by atoms with E-state index in [1.165, 1.54) is 5.56 Å². The molecule has 6 heteroatoms. The highest BCUT2D eigenvalue weighted by Gasteiger charge is 2.30. The molecule has 0 radical (unpaired) electrons. The third kappa shape index (κ3) is 3.39. The molecular weight excluding hydrogens is 336 g/mol. The van der Waals surface area contributed by atoms with Crippen molar-refractivity contribution in [1.82, 2.24) is 4.90 Å². The zero-order chi connectivity index (χ0) is 17.2. The fourth-order valence-corrected chi connectivity index (χ4v) is 4.26. The molecule has 0 aromatic heterocycles. The van der Waals surface area contributed by atoms with Gasteiger partial charge in [0.2, 0.25) is 0 Å². The third-order valence-corrected chi connectivity index (χ3v) is 5.57. The van der Waals surface area contributed by atoms with E-state index in [4.69, 9.17) is 9.47 Å². The lowest BCUT2D eigenvalue weighted by Gasteiger charge is -2.25. The average Bonchev–Trinajstić information content (AvgIpc) is 3.12. The molecule has 2 heterocycles. The monoisotopic (exact) mass is 356 g/mol. The van der Waals surface area contributed by atoms with E-state index in [-0.39, 0.29) is 11.4 Å². The number of amides is 2. The Morgan fingerprint density at radius 3 is 2.68 bits per heavy atom. The van der Waals surface area contributed by atoms with Crippen molar-refractivity contribution in [3.05, 3.63) is 53.6 Å². The third-order valence-electron chi connectivity index (χ3n) is 4.31. The van der Waals surface area contributed by atoms with Crippen molar-refractivity contribution in [1.29, 1.82) is 0 Å². The van der Waals surface area contributed by atoms with Crippen LogP contribution in [0.15, 0.2) is 42.5 Å². The summed E-state index contributed by atoms with van der Waals surface area (Å²) in [5.74, 6) is 2.33. The summed E-state index contributed by atoms with van der Waals surface area (Å²) in [5, 5.41) is 3.04. The molecule has 0 spiro atoms. The minimum absolute atomic E-state index is 0.0535. The standard InChI is InChI=1S/C19H20N2O3S/c1-13-2-4-14(5-3-13)18-21(8-11-25-18)19(22)20-15-6-7-16-17(12-15)24-10-9-23-16/h2-7,12,18H,8-11H2,1H3,(H,20,22). The number of benzene rings is 2. The highest BCUT2D eigenvalue weighted by molar-refractivity contribution is 7.99. The van der Waals surface area contributed by atoms with Crippen LogP contribution in [0.25, 0.3) is 0 Å². The Hall–Kier alpha value is -2.34. The molecule has 130 valence electrons. The second-order valence-electron chi connectivity index (χ2n) is 6.12. The number of anilines is 1. The first-order valence-electron chi connectivity index (χ1n) is 8.36. The Kier molecular flexibility index (Phi) is 4.44. The fourth-order valence-electron chi connectivity index (χ4n) is 3.00. The van der Waals surface area contributed by atoms with Gasteiger partial charge in [-0.3, -0.25) is 0 Å². The fraction of sp³-hybridized carbons (Fsp3) is 0.316. The van der Waals surface area contributed by atoms with E-state index in [0.29, 0.717) is 24.7 Å². The first-order chi connectivity index (χ1) is 12.2. The van der Waals surface area contributed by atoms with E-state index in [2.05, 4.69) is 36.5 Å². The molecule has 25 heavy (non-hydrogen) atoms. The molecule has 0 saturated carbocycles. The van der Waals surface area contributed by atoms with Gasteiger partial charge in [0.05, 0.1) is 0 Å². The number of hydrogen-bond acceptors (Lipinski definition) is 4. The van der Waals surface area contributed by atoms with Crippen LogP contribution >= 0.6 is 11.8 Å². The zero-order valence-electron chi connectivity index (χ0n) is 14.0. The topological polar surface area (TPSA) is 50.8 Å². The largest absolute Gasteiger partial charge is 0.486 e. The van der Waals surface area contributed by atoms with Crippen molar-refractivity contribution >= 4 is 23.5 Å². The molecule has 5 nitrogen and oxygen atoms in total. The molecule has 2 amide bonds. The van der Waals surface area contributed by atoms with E-state index in [0.717, 1.165) is 23.6 Å². The number of hydrogen-bond donors (Lipinski definition) is 1. The van der Waals surface area contributed by atoms with E-state index >= 15 is 0 Å². The number of aryl methyl sites for hydroxylation is 1. The molecule has 0 bridgehead atoms. The Labute approximate surface area is 151 Å². The maximum absolute atomic E-state index is 12.8. The molecule has 1 unspecified atom stereocenters. The Morgan fingerprint density at radius 2 is 1.88 bits per heavy atom. The van der Waals surface area contributed by atoms with Crippen LogP contribution in [0.2, 0.25) is 0 Å². The normalized spacial score (nSPS) is 18.9. The summed E-state index contributed by atoms with van der Waals surface area (Å²) in [6.45, 7) is 3.89. The van der Waals surface area contributed by atoms with Crippen LogP contribution in [0.4, 0.5) is 10.5 Å². The Morgan fingerprint density at radius 1 is 1.12 bits per heavy atom. The van der Waals surface area contributed by atoms with Crippen LogP contribution in [-0.4, -0.2) is 36.4 Å². The van der Waals surface area contributed by atoms with Crippen LogP contribution in [0.5, 0.6) is 11.5 Å². The zero-order valence-corrected chi connectivity index (χ0v) is 14.8. The summed E-state index contributed by atoms with van der Waals surface area (Å²) in [5.41, 5.74) is 3.10. The molecular formula is C19H20N2O3S. The van der Waals surface area contributed by atoms with Crippen molar-refractivity contribution in [2.24, 2.45) is 0 Å². The number of rotatable bonds is 2. The molecule has 2 aliphatic heterocycles. The number of carbonyl (C=O) groups is 1. The number of nitrogens with one attached hydrogen (secondary N) is 1. The van der Waals surface area contributed by atoms with Gasteiger partial charge in [0.25, 0.3) is 0 Å². The first kappa shape index (κ1) is 16.1. The number of nitrogens with zero attached hydrogens (tertiary/aromatic N) is 1. The second kappa shape index (κ2) is 6.88. The maximum atomic E-state index is 12.8. The lowest BCUT2D eigenvalue weighted by Crippen LogP contribution is -2.34. The SMILES string of the molecule is Cc1ccc(C2SCCN2C(=O)Nc2ccc3c(c2)OCCO3)cc1. The van der Waals surface area contributed by atoms with Gasteiger partial charge in [-0.05, 0) is 24.6 Å². The second-order valence-corrected chi connectivity index (χ2v) is 7.30. The Bertz CT molecular complexity index is 779. The summed E-state index contributed by atoms with van der Waals surface area (Å²) in [6.07, 6.45) is 0. The number of carbonyl (C=O) groups excluding carboxylic acids is 1. The Balaban J connectivity index is 1.49. The molecule has 4 rings (SSSR count). The lowest BCUT2D eigenvalue weighted by atomic mass is 10.1. The maximum Gasteiger partial charge on any atom is 0.323 e. The van der Waals surface area contributed by atoms with E-state index in [9.17, 15) is 4.79 Å². The molecule has 2 aliphatic rings. The van der Waals surface area contributed by atoms with Gasteiger partial charge < -0.3 is 19.7 Å². The molecule has 2 aromatic rings. The highest BCUT2D eigenvalue weighted by Crippen LogP contribution is 2.38. The van der Waals surface area contributed by atoms with Crippen LogP contribution in [0.1, 0.15) is 16.5 Å². The highest BCUT2D eigenvalue weighted by atomic mass is 32.2. The van der Waals surface area contributed by atoms with Gasteiger partial charge in [-0.25, -0.2) is 4.79 Å². The number of thioether (sulfide) groups is 1. The summed E-state index contributed by atoms with van der Waals surface area (Å²) >= 11 is 1.79. The number of urea groups is 1. The quantitative estimate of drug-likeness (QED) is 0.882. The van der Waals surface area contributed by atoms with Crippen molar-refractivity contribution < 1.29 is 14.3 Å². The van der Waals surface area contributed by atoms with Gasteiger partial charge in [-0.15, -0.1) is 11.8 Å². The molecule has 1 atom stereocenters. The van der Waals surface area contributed by atoms with Gasteiger partial charge >= 0.3 is 6.03 Å². The summed E-state index contributed by atoms with van der Waals surface area (Å²) in [4.78, 5) is 14.6. The lowest BCUT2D eigenvalue weighted by molar-refractivity contribution is 0.171. The molecule has 1 saturated heterocycles. The predicted octanol–water partition coefficient (Wildman–Crippen LogP) is 4.05. The van der Waals surface area contributed by atoms with Crippen LogP contribution in [0, 0.1) is 6.92 Å². The number of ether oxygens (including phenoxy) is 2. The van der Waals surface area contributed by atoms with Crippen molar-refractivity contribution in [2.75, 3.05) is 30.8 Å². The minimum atomic E-state index is -0.0905. The summed E-state index contributed by atoms with van der Waals surface area (Å²) in [6, 6.07) is 13.8. The van der Waals surface area contributed by atoms with E-state index in [1.807, 2.05) is 23.1 Å². The van der Waals surface area contributed by atoms with Gasteiger partial charge in [0, 0.05) is 24.1 Å². The molecule has 1 fully saturated rings. The number of fused-ring (bicyclic) bond motifs is 1. The van der Waals surface area contributed by atoms with Crippen LogP contribution in [-0.2, 0) is 0 Å². The van der Waals surface area contributed by atoms with Crippen molar-refractivity contribution in [3.63, 3.8) is 0 Å². The predicted molar refractivity (Wildman–Crippen MR) is 99.5 cm³/mol. The minimum Gasteiger partial charge on any atom is -0.486 e. The van der Waals surface area contributed by atoms with Crippen LogP contribution < -0.4 is 14.8 Å². The van der Waals surface area contributed by atoms with Gasteiger partial charge in [-0.1, -0.05) is 29.8 Å². The first-order valence-corrected chi connectivity index (χ1v) is 9.41. The van der Waals surface area contributed by atoms with Gasteiger partial charge in [-0.2, -0.15) is 0 Å². The summed E-state index contributed by atoms with van der Waals surface area (Å²) < 4.78 is 11.1. The smallest absolute Gasteiger partial charge is 0.323 e. The van der Waals surface area contributed by atoms with Crippen molar-refractivity contribution in [2.45, 2.75) is 12.3 Å². The van der Waals surface area contributed by atoms with Gasteiger partial charge in [0.15, 0.2) is 11.5 Å². The van der Waals surface area contributed by atoms with E-state index in [1.54, 1.807) is 11.8 Å². The van der Waals surface area contributed by atoms with Gasteiger partial charge in [0.1, 0.15) is 18.6 Å². The van der Waals surface area contributed by atoms with Crippen molar-refractivity contribution in [3.8, 4) is 11.5 Å². The molecule has 2 aromatic carbocycles. The van der Waals surface area contributed by atoms with E-state index < -0.39 is 0 Å². The van der Waals surface area contributed by atoms with Crippen LogP contribution in [0.3, 0.4) is 0 Å². The molecule has 1 N–H and O–H groups in total. The molecule has 0 aliphatic carbocycles. The summed E-state index contributed by atoms with van der Waals surface area (Å²) in [7, 11) is 0.